The van der Waals surface area contributed by atoms with Crippen molar-refractivity contribution in [3.63, 3.8) is 0 Å². The highest BCUT2D eigenvalue weighted by atomic mass is 28.3. The summed E-state index contributed by atoms with van der Waals surface area (Å²) in [5.41, 5.74) is 7.54. The van der Waals surface area contributed by atoms with Crippen molar-refractivity contribution in [2.24, 2.45) is 0 Å². The van der Waals surface area contributed by atoms with Gasteiger partial charge in [0.05, 0.1) is 0 Å². The molecule has 6 aromatic rings. The van der Waals surface area contributed by atoms with Gasteiger partial charge in [0, 0.05) is 0 Å². The molecule has 0 aliphatic carbocycles. The van der Waals surface area contributed by atoms with Crippen LogP contribution in [0.15, 0.2) is 146 Å². The molecule has 0 N–H and O–H groups in total. The second-order valence-corrected chi connectivity index (χ2v) is 17.8. The molecule has 0 spiro atoms. The van der Waals surface area contributed by atoms with Crippen molar-refractivity contribution < 1.29 is 0 Å². The van der Waals surface area contributed by atoms with Gasteiger partial charge >= 0.3 is 0 Å². The van der Waals surface area contributed by atoms with E-state index in [0.29, 0.717) is 0 Å². The highest BCUT2D eigenvalue weighted by Gasteiger charge is 2.33. The van der Waals surface area contributed by atoms with Gasteiger partial charge in [0.25, 0.3) is 0 Å². The van der Waals surface area contributed by atoms with E-state index in [4.69, 9.17) is 0 Å². The Morgan fingerprint density at radius 3 is 1.15 bits per heavy atom. The van der Waals surface area contributed by atoms with Gasteiger partial charge in [-0.3, -0.25) is 0 Å². The molecule has 0 unspecified atom stereocenters. The van der Waals surface area contributed by atoms with Gasteiger partial charge in [0.15, 0.2) is 16.1 Å². The normalized spacial score (nSPS) is 13.8. The lowest BCUT2D eigenvalue weighted by molar-refractivity contribution is 1.72. The van der Waals surface area contributed by atoms with Crippen LogP contribution in [-0.2, 0) is 0 Å². The summed E-state index contributed by atoms with van der Waals surface area (Å²) in [5.74, 6) is 6.83. The number of fused-ring (bicyclic) bond motifs is 2. The summed E-state index contributed by atoms with van der Waals surface area (Å²) in [5, 5.41) is 10.3. The van der Waals surface area contributed by atoms with Gasteiger partial charge in [0.1, 0.15) is 0 Å². The van der Waals surface area contributed by atoms with Crippen LogP contribution in [0.25, 0.3) is 21.5 Å². The van der Waals surface area contributed by atoms with Crippen LogP contribution in [0.2, 0.25) is 13.1 Å². The topological polar surface area (TPSA) is 0 Å². The van der Waals surface area contributed by atoms with Gasteiger partial charge in [0.2, 0.25) is 0 Å². The third-order valence-electron chi connectivity index (χ3n) is 8.05. The van der Waals surface area contributed by atoms with Crippen LogP contribution in [-0.4, -0.2) is 16.1 Å². The summed E-state index contributed by atoms with van der Waals surface area (Å²) in [6, 6.07) is 52.1. The highest BCUT2D eigenvalue weighted by Crippen LogP contribution is 2.17. The first-order valence-electron chi connectivity index (χ1n) is 13.7. The first kappa shape index (κ1) is 25.7. The second-order valence-electron chi connectivity index (χ2n) is 10.5. The molecule has 0 bridgehead atoms. The summed E-state index contributed by atoms with van der Waals surface area (Å²) in [6.07, 6.45) is 0. The minimum Gasteiger partial charge on any atom is -0.106 e. The molecule has 2 atom stereocenters. The third kappa shape index (κ3) is 4.69. The summed E-state index contributed by atoms with van der Waals surface area (Å²) >= 11 is 0. The van der Waals surface area contributed by atoms with Crippen molar-refractivity contribution in [3.05, 3.63) is 146 Å². The van der Waals surface area contributed by atoms with Crippen molar-refractivity contribution in [2.45, 2.75) is 13.1 Å². The van der Waals surface area contributed by atoms with Crippen LogP contribution < -0.4 is 20.7 Å². The van der Waals surface area contributed by atoms with Crippen LogP contribution in [0, 0.1) is 22.9 Å². The molecule has 0 aliphatic rings. The first-order valence-corrected chi connectivity index (χ1v) is 18.7. The molecule has 40 heavy (non-hydrogen) atoms. The van der Waals surface area contributed by atoms with E-state index in [9.17, 15) is 0 Å². The van der Waals surface area contributed by atoms with Crippen molar-refractivity contribution in [2.75, 3.05) is 0 Å². The molecule has 0 radical (unpaired) electrons. The van der Waals surface area contributed by atoms with E-state index in [2.05, 4.69) is 182 Å². The molecule has 0 saturated heterocycles. The van der Waals surface area contributed by atoms with Crippen LogP contribution in [0.3, 0.4) is 0 Å². The predicted molar refractivity (Wildman–Crippen MR) is 178 cm³/mol. The van der Waals surface area contributed by atoms with Gasteiger partial charge in [-0.2, -0.15) is 0 Å². The highest BCUT2D eigenvalue weighted by molar-refractivity contribution is 7.09. The van der Waals surface area contributed by atoms with Crippen molar-refractivity contribution in [1.82, 2.24) is 0 Å². The lowest BCUT2D eigenvalue weighted by atomic mass is 10.1. The molecule has 0 aromatic heterocycles. The van der Waals surface area contributed by atoms with Gasteiger partial charge in [-0.05, 0) is 54.1 Å². The molecule has 0 amide bonds. The third-order valence-corrected chi connectivity index (χ3v) is 15.3. The summed E-state index contributed by atoms with van der Waals surface area (Å²) in [7, 11) is -4.83. The Bertz CT molecular complexity index is 1780. The minimum absolute atomic E-state index is 1.25. The molecular formula is C38H30Si2. The largest absolute Gasteiger partial charge is 0.198 e. The maximum absolute atomic E-state index is 3.77. The quantitative estimate of drug-likeness (QED) is 0.185. The average Bonchev–Trinajstić information content (AvgIpc) is 3.03. The van der Waals surface area contributed by atoms with E-state index in [1.807, 2.05) is 0 Å². The number of benzene rings is 6. The Balaban J connectivity index is 1.52. The maximum atomic E-state index is 3.77. The SMILES string of the molecule is C[Si@](C#CC#C[Si@@](C)(c1ccccc1)c1cccc2ccccc12)(c1ccccc1)c1cccc2ccccc12. The Morgan fingerprint density at radius 1 is 0.375 bits per heavy atom. The predicted octanol–water partition coefficient (Wildman–Crippen LogP) is 6.16. The smallest absolute Gasteiger partial charge is 0.106 e. The molecule has 0 saturated carbocycles. The summed E-state index contributed by atoms with van der Waals surface area (Å²) in [4.78, 5) is 0. The van der Waals surface area contributed by atoms with Crippen LogP contribution in [0.5, 0.6) is 0 Å². The minimum atomic E-state index is -2.41. The first-order chi connectivity index (χ1) is 19.6. The number of hydrogen-bond acceptors (Lipinski definition) is 0. The monoisotopic (exact) mass is 542 g/mol. The van der Waals surface area contributed by atoms with E-state index in [1.54, 1.807) is 0 Å². The molecular weight excluding hydrogens is 513 g/mol. The fourth-order valence-corrected chi connectivity index (χ4v) is 11.7. The van der Waals surface area contributed by atoms with Gasteiger partial charge in [-0.25, -0.2) is 0 Å². The summed E-state index contributed by atoms with van der Waals surface area (Å²) < 4.78 is 0. The van der Waals surface area contributed by atoms with Crippen LogP contribution >= 0.6 is 0 Å². The summed E-state index contributed by atoms with van der Waals surface area (Å²) in [6.45, 7) is 4.72. The van der Waals surface area contributed by atoms with Crippen molar-refractivity contribution >= 4 is 58.4 Å². The zero-order chi connectivity index (χ0) is 27.4. The van der Waals surface area contributed by atoms with Gasteiger partial charge in [-0.15, -0.1) is 11.1 Å². The Labute approximate surface area is 239 Å². The Kier molecular flexibility index (Phi) is 6.97. The number of hydrogen-bond donors (Lipinski definition) is 0. The van der Waals surface area contributed by atoms with Gasteiger partial charge < -0.3 is 0 Å². The van der Waals surface area contributed by atoms with Crippen molar-refractivity contribution in [3.8, 4) is 22.9 Å². The Morgan fingerprint density at radius 2 is 0.725 bits per heavy atom. The molecule has 2 heteroatoms. The molecule has 0 heterocycles. The van der Waals surface area contributed by atoms with Crippen LogP contribution in [0.4, 0.5) is 0 Å². The van der Waals surface area contributed by atoms with E-state index >= 15 is 0 Å². The lowest BCUT2D eigenvalue weighted by Crippen LogP contribution is -2.55. The Hall–Kier alpha value is -4.61. The zero-order valence-electron chi connectivity index (χ0n) is 22.9. The fourth-order valence-electron chi connectivity index (χ4n) is 5.77. The molecule has 0 nitrogen and oxygen atoms in total. The molecule has 190 valence electrons. The van der Waals surface area contributed by atoms with E-state index in [1.165, 1.54) is 42.3 Å². The molecule has 6 rings (SSSR count). The maximum Gasteiger partial charge on any atom is 0.198 e. The number of rotatable bonds is 4. The fraction of sp³-hybridized carbons (Fsp3) is 0.0526. The second kappa shape index (κ2) is 10.9. The van der Waals surface area contributed by atoms with E-state index < -0.39 is 16.1 Å². The van der Waals surface area contributed by atoms with Gasteiger partial charge in [-0.1, -0.05) is 159 Å². The molecule has 6 aromatic carbocycles. The zero-order valence-corrected chi connectivity index (χ0v) is 24.9. The van der Waals surface area contributed by atoms with Crippen molar-refractivity contribution in [1.29, 1.82) is 0 Å². The lowest BCUT2D eigenvalue weighted by Gasteiger charge is -2.24. The molecule has 0 fully saturated rings. The average molecular weight is 543 g/mol. The van der Waals surface area contributed by atoms with Crippen LogP contribution in [0.1, 0.15) is 0 Å². The molecule has 0 aliphatic heterocycles. The van der Waals surface area contributed by atoms with E-state index in [-0.39, 0.29) is 0 Å². The standard InChI is InChI=1S/C38H30Si2/c1-39(33-21-5-3-6-22-33,37-27-15-19-31-17-9-11-25-35(31)37)29-13-14-30-40(2,34-23-7-4-8-24-34)38-28-16-20-32-18-10-12-26-36(32)38/h3-12,15-28H,1-2H3/t39-,40-/m0/s1. The van der Waals surface area contributed by atoms with E-state index in [0.717, 1.165) is 0 Å².